The van der Waals surface area contributed by atoms with Crippen molar-refractivity contribution in [1.29, 1.82) is 0 Å². The second kappa shape index (κ2) is 4.51. The SMILES string of the molecule is Cc1cc(C)nc(Sc2ccc(N)c3nonc23)n1. The summed E-state index contributed by atoms with van der Waals surface area (Å²) in [5.41, 5.74) is 9.41. The predicted molar refractivity (Wildman–Crippen MR) is 71.8 cm³/mol. The molecule has 6 nitrogen and oxygen atoms in total. The Morgan fingerprint density at radius 1 is 1.05 bits per heavy atom. The third-order valence-corrected chi connectivity index (χ3v) is 3.49. The van der Waals surface area contributed by atoms with Crippen LogP contribution in [0.4, 0.5) is 5.69 Å². The fraction of sp³-hybridized carbons (Fsp3) is 0.167. The largest absolute Gasteiger partial charge is 0.397 e. The average molecular weight is 273 g/mol. The minimum absolute atomic E-state index is 0.543. The molecule has 0 spiro atoms. The fourth-order valence-electron chi connectivity index (χ4n) is 1.78. The van der Waals surface area contributed by atoms with E-state index in [1.165, 1.54) is 11.8 Å². The van der Waals surface area contributed by atoms with Gasteiger partial charge in [0.15, 0.2) is 16.2 Å². The van der Waals surface area contributed by atoms with Crippen LogP contribution < -0.4 is 5.73 Å². The molecule has 0 aliphatic rings. The van der Waals surface area contributed by atoms with E-state index in [-0.39, 0.29) is 0 Å². The molecule has 0 aliphatic carbocycles. The first-order chi connectivity index (χ1) is 9.13. The highest BCUT2D eigenvalue weighted by atomic mass is 32.2. The lowest BCUT2D eigenvalue weighted by Crippen LogP contribution is -1.93. The number of nitrogen functional groups attached to an aromatic ring is 1. The normalized spacial score (nSPS) is 11.1. The number of hydrogen-bond donors (Lipinski definition) is 1. The number of hydrogen-bond acceptors (Lipinski definition) is 7. The van der Waals surface area contributed by atoms with Crippen LogP contribution in [0.3, 0.4) is 0 Å². The van der Waals surface area contributed by atoms with Crippen molar-refractivity contribution in [3.05, 3.63) is 29.6 Å². The van der Waals surface area contributed by atoms with Gasteiger partial charge >= 0.3 is 0 Å². The Morgan fingerprint density at radius 3 is 2.47 bits per heavy atom. The summed E-state index contributed by atoms with van der Waals surface area (Å²) in [4.78, 5) is 9.64. The zero-order valence-electron chi connectivity index (χ0n) is 10.4. The summed E-state index contributed by atoms with van der Waals surface area (Å²) < 4.78 is 4.74. The van der Waals surface area contributed by atoms with Gasteiger partial charge in [-0.2, -0.15) is 0 Å². The summed E-state index contributed by atoms with van der Waals surface area (Å²) in [6.07, 6.45) is 0. The molecule has 3 rings (SSSR count). The molecule has 2 heterocycles. The van der Waals surface area contributed by atoms with E-state index in [1.807, 2.05) is 26.0 Å². The lowest BCUT2D eigenvalue weighted by molar-refractivity contribution is 0.315. The van der Waals surface area contributed by atoms with E-state index in [2.05, 4.69) is 20.3 Å². The smallest absolute Gasteiger partial charge is 0.192 e. The second-order valence-corrected chi connectivity index (χ2v) is 5.16. The quantitative estimate of drug-likeness (QED) is 0.566. The van der Waals surface area contributed by atoms with Crippen LogP contribution in [0.25, 0.3) is 11.0 Å². The van der Waals surface area contributed by atoms with Crippen LogP contribution in [-0.2, 0) is 0 Å². The van der Waals surface area contributed by atoms with Gasteiger partial charge in [-0.05, 0) is 54.1 Å². The molecule has 3 aromatic rings. The molecule has 96 valence electrons. The number of aromatic nitrogens is 4. The Hall–Kier alpha value is -2.15. The van der Waals surface area contributed by atoms with E-state index >= 15 is 0 Å². The first-order valence-corrected chi connectivity index (χ1v) is 6.46. The number of benzene rings is 1. The van der Waals surface area contributed by atoms with Crippen molar-refractivity contribution in [1.82, 2.24) is 20.3 Å². The maximum Gasteiger partial charge on any atom is 0.192 e. The number of anilines is 1. The minimum Gasteiger partial charge on any atom is -0.397 e. The molecule has 0 unspecified atom stereocenters. The summed E-state index contributed by atoms with van der Waals surface area (Å²) in [5.74, 6) is 0. The van der Waals surface area contributed by atoms with E-state index in [9.17, 15) is 0 Å². The van der Waals surface area contributed by atoms with Crippen LogP contribution in [-0.4, -0.2) is 20.3 Å². The zero-order chi connectivity index (χ0) is 13.4. The predicted octanol–water partition coefficient (Wildman–Crippen LogP) is 2.36. The van der Waals surface area contributed by atoms with Crippen molar-refractivity contribution in [2.24, 2.45) is 0 Å². The number of nitrogens with zero attached hydrogens (tertiary/aromatic N) is 4. The molecule has 0 radical (unpaired) electrons. The van der Waals surface area contributed by atoms with Crippen LogP contribution in [0.5, 0.6) is 0 Å². The molecule has 0 amide bonds. The Morgan fingerprint density at radius 2 is 1.74 bits per heavy atom. The van der Waals surface area contributed by atoms with Crippen LogP contribution in [0.1, 0.15) is 11.4 Å². The van der Waals surface area contributed by atoms with Gasteiger partial charge in [0, 0.05) is 16.3 Å². The van der Waals surface area contributed by atoms with Crippen molar-refractivity contribution in [2.75, 3.05) is 5.73 Å². The highest BCUT2D eigenvalue weighted by Crippen LogP contribution is 2.32. The Labute approximate surface area is 113 Å². The standard InChI is InChI=1S/C12H11N5OS/c1-6-5-7(2)15-12(14-6)19-9-4-3-8(13)10-11(9)17-18-16-10/h3-5H,13H2,1-2H3. The summed E-state index contributed by atoms with van der Waals surface area (Å²) >= 11 is 1.42. The number of nitrogens with two attached hydrogens (primary N) is 1. The number of fused-ring (bicyclic) bond motifs is 1. The maximum absolute atomic E-state index is 5.81. The first-order valence-electron chi connectivity index (χ1n) is 5.64. The van der Waals surface area contributed by atoms with Gasteiger partial charge in [-0.3, -0.25) is 0 Å². The van der Waals surface area contributed by atoms with E-state index in [1.54, 1.807) is 6.07 Å². The highest BCUT2D eigenvalue weighted by molar-refractivity contribution is 7.99. The average Bonchev–Trinajstić information content (AvgIpc) is 2.81. The summed E-state index contributed by atoms with van der Waals surface area (Å²) in [5, 5.41) is 8.34. The van der Waals surface area contributed by atoms with Gasteiger partial charge in [-0.15, -0.1) is 0 Å². The Bertz CT molecular complexity index is 735. The van der Waals surface area contributed by atoms with Gasteiger partial charge in [-0.25, -0.2) is 14.6 Å². The third-order valence-electron chi connectivity index (χ3n) is 2.57. The van der Waals surface area contributed by atoms with E-state index in [0.29, 0.717) is 21.9 Å². The van der Waals surface area contributed by atoms with Crippen LogP contribution in [0.2, 0.25) is 0 Å². The highest BCUT2D eigenvalue weighted by Gasteiger charge is 2.12. The molecule has 2 N–H and O–H groups in total. The summed E-state index contributed by atoms with van der Waals surface area (Å²) in [7, 11) is 0. The fourth-order valence-corrected chi connectivity index (χ4v) is 2.73. The zero-order valence-corrected chi connectivity index (χ0v) is 11.2. The summed E-state index contributed by atoms with van der Waals surface area (Å²) in [6, 6.07) is 5.57. The molecule has 0 bridgehead atoms. The van der Waals surface area contributed by atoms with Gasteiger partial charge in [0.25, 0.3) is 0 Å². The lowest BCUT2D eigenvalue weighted by atomic mass is 10.3. The maximum atomic E-state index is 5.81. The molecule has 2 aromatic heterocycles. The van der Waals surface area contributed by atoms with Gasteiger partial charge in [-0.1, -0.05) is 0 Å². The number of rotatable bonds is 2. The Balaban J connectivity index is 2.06. The third kappa shape index (κ3) is 2.24. The monoisotopic (exact) mass is 273 g/mol. The van der Waals surface area contributed by atoms with E-state index in [4.69, 9.17) is 10.4 Å². The van der Waals surface area contributed by atoms with Gasteiger partial charge < -0.3 is 5.73 Å². The van der Waals surface area contributed by atoms with Crippen molar-refractivity contribution in [2.45, 2.75) is 23.9 Å². The number of aryl methyl sites for hydroxylation is 2. The van der Waals surface area contributed by atoms with Crippen molar-refractivity contribution in [3.63, 3.8) is 0 Å². The molecule has 0 fully saturated rings. The van der Waals surface area contributed by atoms with Crippen LogP contribution in [0, 0.1) is 13.8 Å². The molecule has 7 heteroatoms. The molecule has 1 aromatic carbocycles. The summed E-state index contributed by atoms with van der Waals surface area (Å²) in [6.45, 7) is 3.88. The van der Waals surface area contributed by atoms with E-state index in [0.717, 1.165) is 16.3 Å². The molecular weight excluding hydrogens is 262 g/mol. The first kappa shape index (κ1) is 11.9. The van der Waals surface area contributed by atoms with Crippen molar-refractivity contribution >= 4 is 28.5 Å². The topological polar surface area (TPSA) is 90.7 Å². The minimum atomic E-state index is 0.543. The van der Waals surface area contributed by atoms with Crippen molar-refractivity contribution < 1.29 is 4.63 Å². The van der Waals surface area contributed by atoms with Gasteiger partial charge in [0.1, 0.15) is 0 Å². The van der Waals surface area contributed by atoms with Crippen LogP contribution in [0.15, 0.2) is 32.9 Å². The molecule has 19 heavy (non-hydrogen) atoms. The molecule has 0 saturated carbocycles. The van der Waals surface area contributed by atoms with Gasteiger partial charge in [0.2, 0.25) is 0 Å². The van der Waals surface area contributed by atoms with E-state index < -0.39 is 0 Å². The van der Waals surface area contributed by atoms with Crippen molar-refractivity contribution in [3.8, 4) is 0 Å². The molecule has 0 aliphatic heterocycles. The second-order valence-electron chi connectivity index (χ2n) is 4.15. The molecular formula is C12H11N5OS. The van der Waals surface area contributed by atoms with Crippen LogP contribution >= 0.6 is 11.8 Å². The molecule has 0 saturated heterocycles. The lowest BCUT2D eigenvalue weighted by Gasteiger charge is -2.03. The van der Waals surface area contributed by atoms with Gasteiger partial charge in [0.05, 0.1) is 5.69 Å². The Kier molecular flexibility index (Phi) is 2.83. The molecule has 0 atom stereocenters.